The lowest BCUT2D eigenvalue weighted by molar-refractivity contribution is 0.332. The average molecular weight is 276 g/mol. The van der Waals surface area contributed by atoms with E-state index in [0.29, 0.717) is 5.92 Å². The predicted octanol–water partition coefficient (Wildman–Crippen LogP) is 3.54. The summed E-state index contributed by atoms with van der Waals surface area (Å²) in [6.07, 6.45) is 4.97. The molecular weight excluding hydrogens is 256 g/mol. The van der Waals surface area contributed by atoms with Gasteiger partial charge in [0, 0.05) is 5.92 Å². The van der Waals surface area contributed by atoms with Crippen LogP contribution in [0.25, 0.3) is 10.2 Å². The van der Waals surface area contributed by atoms with E-state index in [9.17, 15) is 0 Å². The number of aromatic nitrogens is 1. The second kappa shape index (κ2) is 5.47. The first-order valence-corrected chi connectivity index (χ1v) is 7.76. The molecule has 102 valence electrons. The Bertz CT molecular complexity index is 558. The molecule has 0 aliphatic heterocycles. The maximum Gasteiger partial charge on any atom is 0.120 e. The summed E-state index contributed by atoms with van der Waals surface area (Å²) >= 11 is 1.82. The van der Waals surface area contributed by atoms with Gasteiger partial charge in [-0.2, -0.15) is 0 Å². The van der Waals surface area contributed by atoms with Crippen molar-refractivity contribution in [1.82, 2.24) is 4.98 Å². The minimum Gasteiger partial charge on any atom is -0.497 e. The maximum absolute atomic E-state index is 5.75. The standard InChI is InChI=1S/C15H20N2OS/c1-18-12-6-7-13-14(8-12)19-15(17-13)11-4-2-10(9-16)3-5-11/h6-8,10-11H,2-5,9,16H2,1H3. The number of nitrogens with two attached hydrogens (primary N) is 1. The molecule has 3 rings (SSSR count). The summed E-state index contributed by atoms with van der Waals surface area (Å²) < 4.78 is 6.50. The molecule has 0 bridgehead atoms. The van der Waals surface area contributed by atoms with Crippen LogP contribution in [0.15, 0.2) is 18.2 Å². The van der Waals surface area contributed by atoms with E-state index >= 15 is 0 Å². The van der Waals surface area contributed by atoms with Crippen molar-refractivity contribution < 1.29 is 4.74 Å². The second-order valence-corrected chi connectivity index (χ2v) is 6.40. The van der Waals surface area contributed by atoms with Gasteiger partial charge < -0.3 is 10.5 Å². The van der Waals surface area contributed by atoms with Crippen molar-refractivity contribution in [1.29, 1.82) is 0 Å². The Morgan fingerprint density at radius 3 is 2.79 bits per heavy atom. The van der Waals surface area contributed by atoms with Crippen molar-refractivity contribution in [3.8, 4) is 5.75 Å². The number of hydrogen-bond acceptors (Lipinski definition) is 4. The van der Waals surface area contributed by atoms with Crippen LogP contribution in [0.1, 0.15) is 36.6 Å². The lowest BCUT2D eigenvalue weighted by Crippen LogP contribution is -2.20. The molecule has 0 saturated heterocycles. The first-order valence-electron chi connectivity index (χ1n) is 6.94. The van der Waals surface area contributed by atoms with Crippen LogP contribution in [-0.4, -0.2) is 18.6 Å². The summed E-state index contributed by atoms with van der Waals surface area (Å²) in [5.74, 6) is 2.27. The molecule has 0 atom stereocenters. The quantitative estimate of drug-likeness (QED) is 0.932. The Balaban J connectivity index is 1.81. The Morgan fingerprint density at radius 2 is 2.11 bits per heavy atom. The van der Waals surface area contributed by atoms with Gasteiger partial charge in [0.2, 0.25) is 0 Å². The summed E-state index contributed by atoms with van der Waals surface area (Å²) in [7, 11) is 1.71. The average Bonchev–Trinajstić information content (AvgIpc) is 2.90. The maximum atomic E-state index is 5.75. The van der Waals surface area contributed by atoms with Crippen molar-refractivity contribution in [2.24, 2.45) is 11.7 Å². The first kappa shape index (κ1) is 12.9. The third-order valence-corrected chi connectivity index (χ3v) is 5.32. The lowest BCUT2D eigenvalue weighted by atomic mass is 9.82. The van der Waals surface area contributed by atoms with Crippen LogP contribution >= 0.6 is 11.3 Å². The number of benzene rings is 1. The second-order valence-electron chi connectivity index (χ2n) is 5.34. The van der Waals surface area contributed by atoms with Crippen molar-refractivity contribution in [3.63, 3.8) is 0 Å². The van der Waals surface area contributed by atoms with E-state index in [-0.39, 0.29) is 0 Å². The van der Waals surface area contributed by atoms with Gasteiger partial charge in [-0.05, 0) is 56.3 Å². The van der Waals surface area contributed by atoms with E-state index in [4.69, 9.17) is 15.5 Å². The monoisotopic (exact) mass is 276 g/mol. The number of hydrogen-bond donors (Lipinski definition) is 1. The van der Waals surface area contributed by atoms with Gasteiger partial charge in [-0.3, -0.25) is 0 Å². The third-order valence-electron chi connectivity index (χ3n) is 4.14. The zero-order chi connectivity index (χ0) is 13.2. The number of thiazole rings is 1. The minimum atomic E-state index is 0.631. The molecule has 2 N–H and O–H groups in total. The van der Waals surface area contributed by atoms with Gasteiger partial charge in [0.05, 0.1) is 22.3 Å². The van der Waals surface area contributed by atoms with Crippen LogP contribution < -0.4 is 10.5 Å². The summed E-state index contributed by atoms with van der Waals surface area (Å²) in [5, 5.41) is 1.29. The number of methoxy groups -OCH3 is 1. The molecule has 19 heavy (non-hydrogen) atoms. The van der Waals surface area contributed by atoms with Gasteiger partial charge >= 0.3 is 0 Å². The Labute approximate surface area is 117 Å². The smallest absolute Gasteiger partial charge is 0.120 e. The van der Waals surface area contributed by atoms with Crippen LogP contribution in [0.5, 0.6) is 5.75 Å². The molecule has 0 radical (unpaired) electrons. The molecule has 1 aromatic carbocycles. The fourth-order valence-corrected chi connectivity index (χ4v) is 4.03. The van der Waals surface area contributed by atoms with Crippen molar-refractivity contribution >= 4 is 21.6 Å². The number of fused-ring (bicyclic) bond motifs is 1. The van der Waals surface area contributed by atoms with Gasteiger partial charge in [-0.15, -0.1) is 11.3 Å². The molecule has 3 nitrogen and oxygen atoms in total. The van der Waals surface area contributed by atoms with Crippen molar-refractivity contribution in [2.45, 2.75) is 31.6 Å². The van der Waals surface area contributed by atoms with E-state index in [0.717, 1.165) is 23.7 Å². The highest BCUT2D eigenvalue weighted by Gasteiger charge is 2.23. The topological polar surface area (TPSA) is 48.1 Å². The predicted molar refractivity (Wildman–Crippen MR) is 79.9 cm³/mol. The molecule has 1 saturated carbocycles. The molecule has 1 fully saturated rings. The summed E-state index contributed by atoms with van der Waals surface area (Å²) in [6.45, 7) is 0.837. The Hall–Kier alpha value is -1.13. The Kier molecular flexibility index (Phi) is 3.71. The van der Waals surface area contributed by atoms with E-state index in [1.165, 1.54) is 35.4 Å². The molecule has 1 aliphatic carbocycles. The fraction of sp³-hybridized carbons (Fsp3) is 0.533. The molecule has 4 heteroatoms. The molecular formula is C15H20N2OS. The van der Waals surface area contributed by atoms with Crippen LogP contribution in [0.2, 0.25) is 0 Å². The highest BCUT2D eigenvalue weighted by Crippen LogP contribution is 2.39. The minimum absolute atomic E-state index is 0.631. The molecule has 0 unspecified atom stereocenters. The Morgan fingerprint density at radius 1 is 1.32 bits per heavy atom. The molecule has 1 heterocycles. The van der Waals surface area contributed by atoms with Gasteiger partial charge in [0.1, 0.15) is 5.75 Å². The van der Waals surface area contributed by atoms with E-state index in [2.05, 4.69) is 12.1 Å². The largest absolute Gasteiger partial charge is 0.497 e. The van der Waals surface area contributed by atoms with E-state index in [1.54, 1.807) is 7.11 Å². The molecule has 2 aromatic rings. The molecule has 0 spiro atoms. The van der Waals surface area contributed by atoms with Gasteiger partial charge in [-0.1, -0.05) is 0 Å². The van der Waals surface area contributed by atoms with Crippen LogP contribution in [-0.2, 0) is 0 Å². The zero-order valence-corrected chi connectivity index (χ0v) is 12.1. The van der Waals surface area contributed by atoms with Crippen LogP contribution in [0.3, 0.4) is 0 Å². The fourth-order valence-electron chi connectivity index (χ4n) is 2.87. The highest BCUT2D eigenvalue weighted by atomic mass is 32.1. The third kappa shape index (κ3) is 2.60. The van der Waals surface area contributed by atoms with Gasteiger partial charge in [0.25, 0.3) is 0 Å². The summed E-state index contributed by atoms with van der Waals surface area (Å²) in [4.78, 5) is 4.79. The van der Waals surface area contributed by atoms with Crippen molar-refractivity contribution in [3.05, 3.63) is 23.2 Å². The molecule has 1 aliphatic rings. The van der Waals surface area contributed by atoms with Crippen LogP contribution in [0.4, 0.5) is 0 Å². The summed E-state index contributed by atoms with van der Waals surface area (Å²) in [6, 6.07) is 6.12. The van der Waals surface area contributed by atoms with Crippen molar-refractivity contribution in [2.75, 3.05) is 13.7 Å². The van der Waals surface area contributed by atoms with E-state index in [1.807, 2.05) is 17.4 Å². The number of ether oxygens (including phenoxy) is 1. The molecule has 0 amide bonds. The van der Waals surface area contributed by atoms with Gasteiger partial charge in [0.15, 0.2) is 0 Å². The zero-order valence-electron chi connectivity index (χ0n) is 11.3. The SMILES string of the molecule is COc1ccc2nc(C3CCC(CN)CC3)sc2c1. The summed E-state index contributed by atoms with van der Waals surface area (Å²) in [5.41, 5.74) is 6.85. The van der Waals surface area contributed by atoms with E-state index < -0.39 is 0 Å². The molecule has 1 aromatic heterocycles. The highest BCUT2D eigenvalue weighted by molar-refractivity contribution is 7.18. The first-order chi connectivity index (χ1) is 9.30. The number of nitrogens with zero attached hydrogens (tertiary/aromatic N) is 1. The van der Waals surface area contributed by atoms with Gasteiger partial charge in [-0.25, -0.2) is 4.98 Å². The normalized spacial score (nSPS) is 23.7. The lowest BCUT2D eigenvalue weighted by Gasteiger charge is -2.26. The van der Waals surface area contributed by atoms with Crippen LogP contribution in [0, 0.1) is 5.92 Å². The number of rotatable bonds is 3.